The Hall–Kier alpha value is -1.26. The number of amides is 2. The summed E-state index contributed by atoms with van der Waals surface area (Å²) in [5.74, 6) is -0.148. The van der Waals surface area contributed by atoms with E-state index in [2.05, 4.69) is 19.2 Å². The van der Waals surface area contributed by atoms with Gasteiger partial charge < -0.3 is 15.3 Å². The summed E-state index contributed by atoms with van der Waals surface area (Å²) in [6.07, 6.45) is 4.31. The minimum Gasteiger partial charge on any atom is -0.481 e. The van der Waals surface area contributed by atoms with E-state index in [1.165, 1.54) is 0 Å². The summed E-state index contributed by atoms with van der Waals surface area (Å²) in [4.78, 5) is 25.7. The monoisotopic (exact) mass is 282 g/mol. The van der Waals surface area contributed by atoms with Crippen molar-refractivity contribution in [3.8, 4) is 0 Å². The first-order valence-electron chi connectivity index (χ1n) is 7.65. The van der Waals surface area contributed by atoms with Crippen molar-refractivity contribution in [2.24, 2.45) is 11.3 Å². The van der Waals surface area contributed by atoms with Crippen LogP contribution in [-0.4, -0.2) is 40.6 Å². The lowest BCUT2D eigenvalue weighted by atomic mass is 9.85. The van der Waals surface area contributed by atoms with Crippen LogP contribution in [0.4, 0.5) is 4.79 Å². The Morgan fingerprint density at radius 2 is 2.00 bits per heavy atom. The van der Waals surface area contributed by atoms with E-state index in [0.29, 0.717) is 12.3 Å². The fraction of sp³-hybridized carbons (Fsp3) is 0.867. The number of aliphatic carboxylic acids is 1. The molecule has 5 nitrogen and oxygen atoms in total. The molecule has 0 spiro atoms. The summed E-state index contributed by atoms with van der Waals surface area (Å²) in [6.45, 7) is 6.80. The van der Waals surface area contributed by atoms with E-state index >= 15 is 0 Å². The van der Waals surface area contributed by atoms with Gasteiger partial charge in [0.15, 0.2) is 0 Å². The second kappa shape index (κ2) is 5.62. The van der Waals surface area contributed by atoms with E-state index in [1.807, 2.05) is 4.90 Å². The third-order valence-electron chi connectivity index (χ3n) is 5.14. The molecule has 0 radical (unpaired) electrons. The number of carboxylic acid groups (broad SMARTS) is 1. The van der Waals surface area contributed by atoms with Gasteiger partial charge in [-0.2, -0.15) is 0 Å². The van der Waals surface area contributed by atoms with Crippen molar-refractivity contribution < 1.29 is 14.7 Å². The van der Waals surface area contributed by atoms with Gasteiger partial charge in [0.2, 0.25) is 0 Å². The van der Waals surface area contributed by atoms with Gasteiger partial charge in [0, 0.05) is 18.6 Å². The third kappa shape index (κ3) is 2.76. The lowest BCUT2D eigenvalue weighted by Crippen LogP contribution is -2.55. The normalized spacial score (nSPS) is 37.8. The van der Waals surface area contributed by atoms with Gasteiger partial charge in [0.05, 0.1) is 5.41 Å². The highest BCUT2D eigenvalue weighted by Gasteiger charge is 2.46. The number of rotatable bonds is 2. The number of likely N-dealkylation sites (tertiary alicyclic amines) is 1. The third-order valence-corrected chi connectivity index (χ3v) is 5.14. The zero-order chi connectivity index (χ0) is 14.9. The molecule has 0 aromatic carbocycles. The van der Waals surface area contributed by atoms with Crippen LogP contribution in [0.25, 0.3) is 0 Å². The average Bonchev–Trinajstić information content (AvgIpc) is 2.72. The van der Waals surface area contributed by atoms with Crippen LogP contribution >= 0.6 is 0 Å². The molecule has 5 heteroatoms. The van der Waals surface area contributed by atoms with Gasteiger partial charge in [-0.1, -0.05) is 13.3 Å². The van der Waals surface area contributed by atoms with Gasteiger partial charge in [-0.3, -0.25) is 4.79 Å². The maximum absolute atomic E-state index is 12.4. The Balaban J connectivity index is 1.99. The molecule has 2 fully saturated rings. The lowest BCUT2D eigenvalue weighted by Gasteiger charge is -2.38. The molecular formula is C15H26N2O3. The first-order valence-corrected chi connectivity index (χ1v) is 7.65. The fourth-order valence-electron chi connectivity index (χ4n) is 3.59. The topological polar surface area (TPSA) is 69.6 Å². The molecule has 20 heavy (non-hydrogen) atoms. The fourth-order valence-corrected chi connectivity index (χ4v) is 3.59. The number of urea groups is 1. The van der Waals surface area contributed by atoms with Gasteiger partial charge >= 0.3 is 12.0 Å². The predicted octanol–water partition coefficient (Wildman–Crippen LogP) is 2.46. The molecule has 2 aliphatic rings. The van der Waals surface area contributed by atoms with Crippen molar-refractivity contribution >= 4 is 12.0 Å². The van der Waals surface area contributed by atoms with E-state index in [9.17, 15) is 14.7 Å². The van der Waals surface area contributed by atoms with Gasteiger partial charge in [-0.05, 0) is 45.4 Å². The molecule has 4 unspecified atom stereocenters. The number of hydrogen-bond acceptors (Lipinski definition) is 2. The zero-order valence-electron chi connectivity index (χ0n) is 12.7. The predicted molar refractivity (Wildman–Crippen MR) is 76.5 cm³/mol. The van der Waals surface area contributed by atoms with E-state index in [4.69, 9.17) is 0 Å². The van der Waals surface area contributed by atoms with Crippen LogP contribution in [-0.2, 0) is 4.79 Å². The summed E-state index contributed by atoms with van der Waals surface area (Å²) < 4.78 is 0. The molecule has 1 heterocycles. The Morgan fingerprint density at radius 1 is 1.30 bits per heavy atom. The number of nitrogens with zero attached hydrogens (tertiary/aromatic N) is 1. The molecular weight excluding hydrogens is 256 g/mol. The van der Waals surface area contributed by atoms with Crippen molar-refractivity contribution in [1.29, 1.82) is 0 Å². The number of carboxylic acids is 1. The summed E-state index contributed by atoms with van der Waals surface area (Å²) >= 11 is 0. The van der Waals surface area contributed by atoms with Crippen LogP contribution in [0.2, 0.25) is 0 Å². The largest absolute Gasteiger partial charge is 0.481 e. The van der Waals surface area contributed by atoms with Gasteiger partial charge in [0.25, 0.3) is 0 Å². The molecule has 1 saturated carbocycles. The molecule has 1 saturated heterocycles. The van der Waals surface area contributed by atoms with E-state index in [1.54, 1.807) is 6.92 Å². The van der Waals surface area contributed by atoms with Crippen molar-refractivity contribution in [3.05, 3.63) is 0 Å². The summed E-state index contributed by atoms with van der Waals surface area (Å²) in [5.41, 5.74) is -0.817. The van der Waals surface area contributed by atoms with Crippen LogP contribution in [0.15, 0.2) is 0 Å². The number of piperidine rings is 1. The minimum atomic E-state index is -0.817. The first-order chi connectivity index (χ1) is 9.34. The summed E-state index contributed by atoms with van der Waals surface area (Å²) in [7, 11) is 0. The second-order valence-electron chi connectivity index (χ2n) is 6.79. The zero-order valence-corrected chi connectivity index (χ0v) is 12.7. The van der Waals surface area contributed by atoms with Crippen LogP contribution < -0.4 is 5.32 Å². The first kappa shape index (κ1) is 15.1. The Kier molecular flexibility index (Phi) is 4.25. The van der Waals surface area contributed by atoms with Gasteiger partial charge in [0.1, 0.15) is 0 Å². The molecule has 2 rings (SSSR count). The highest BCUT2D eigenvalue weighted by atomic mass is 16.4. The van der Waals surface area contributed by atoms with Crippen molar-refractivity contribution in [1.82, 2.24) is 10.2 Å². The molecule has 1 aliphatic heterocycles. The van der Waals surface area contributed by atoms with Crippen LogP contribution in [0.1, 0.15) is 52.9 Å². The molecule has 114 valence electrons. The summed E-state index contributed by atoms with van der Waals surface area (Å²) in [5, 5.41) is 12.4. The van der Waals surface area contributed by atoms with E-state index in [0.717, 1.165) is 32.2 Å². The minimum absolute atomic E-state index is 0.0937. The Labute approximate surface area is 120 Å². The van der Waals surface area contributed by atoms with E-state index < -0.39 is 11.4 Å². The molecule has 4 atom stereocenters. The highest BCUT2D eigenvalue weighted by Crippen LogP contribution is 2.38. The Morgan fingerprint density at radius 3 is 2.60 bits per heavy atom. The van der Waals surface area contributed by atoms with Crippen molar-refractivity contribution in [3.63, 3.8) is 0 Å². The SMILES string of the molecule is CC1CCN(C(=O)NC2CCCC2(C)C(=O)O)C(C)C1. The van der Waals surface area contributed by atoms with Gasteiger partial charge in [-0.25, -0.2) is 4.79 Å². The van der Waals surface area contributed by atoms with Crippen LogP contribution in [0.5, 0.6) is 0 Å². The molecule has 1 aliphatic carbocycles. The number of nitrogens with one attached hydrogen (secondary N) is 1. The number of carbonyl (C=O) groups is 2. The molecule has 0 aromatic rings. The molecule has 2 N–H and O–H groups in total. The smallest absolute Gasteiger partial charge is 0.317 e. The number of carbonyl (C=O) groups excluding carboxylic acids is 1. The average molecular weight is 282 g/mol. The maximum Gasteiger partial charge on any atom is 0.317 e. The molecule has 0 bridgehead atoms. The van der Waals surface area contributed by atoms with Crippen molar-refractivity contribution in [2.75, 3.05) is 6.54 Å². The maximum atomic E-state index is 12.4. The molecule has 0 aromatic heterocycles. The van der Waals surface area contributed by atoms with Crippen molar-refractivity contribution in [2.45, 2.75) is 65.0 Å². The van der Waals surface area contributed by atoms with E-state index in [-0.39, 0.29) is 18.1 Å². The number of hydrogen-bond donors (Lipinski definition) is 2. The summed E-state index contributed by atoms with van der Waals surface area (Å²) in [6, 6.07) is -0.112. The lowest BCUT2D eigenvalue weighted by molar-refractivity contribution is -0.148. The van der Waals surface area contributed by atoms with Crippen LogP contribution in [0.3, 0.4) is 0 Å². The molecule has 2 amide bonds. The van der Waals surface area contributed by atoms with Crippen LogP contribution in [0, 0.1) is 11.3 Å². The quantitative estimate of drug-likeness (QED) is 0.817. The Bertz CT molecular complexity index is 399. The second-order valence-corrected chi connectivity index (χ2v) is 6.79. The van der Waals surface area contributed by atoms with Gasteiger partial charge in [-0.15, -0.1) is 0 Å². The standard InChI is InChI=1S/C15H26N2O3/c1-10-6-8-17(11(2)9-10)14(20)16-12-5-4-7-15(12,3)13(18)19/h10-12H,4-9H2,1-3H3,(H,16,20)(H,18,19). The highest BCUT2D eigenvalue weighted by molar-refractivity contribution is 5.79.